The maximum absolute atomic E-state index is 10.9. The third-order valence-electron chi connectivity index (χ3n) is 4.03. The summed E-state index contributed by atoms with van der Waals surface area (Å²) < 4.78 is 6.03. The van der Waals surface area contributed by atoms with Gasteiger partial charge in [-0.25, -0.2) is 0 Å². The Morgan fingerprint density at radius 3 is 2.40 bits per heavy atom. The van der Waals surface area contributed by atoms with Crippen LogP contribution in [0.1, 0.15) is 52.0 Å². The molecule has 2 rings (SSSR count). The third-order valence-corrected chi connectivity index (χ3v) is 4.03. The van der Waals surface area contributed by atoms with Crippen molar-refractivity contribution in [2.75, 3.05) is 0 Å². The molecule has 3 nitrogen and oxygen atoms in total. The lowest BCUT2D eigenvalue weighted by Gasteiger charge is -2.27. The van der Waals surface area contributed by atoms with Crippen LogP contribution >= 0.6 is 0 Å². The van der Waals surface area contributed by atoms with Gasteiger partial charge in [-0.15, -0.1) is 0 Å². The van der Waals surface area contributed by atoms with Crippen LogP contribution in [0.3, 0.4) is 0 Å². The van der Waals surface area contributed by atoms with E-state index >= 15 is 0 Å². The van der Waals surface area contributed by atoms with Crippen LogP contribution in [0.4, 0.5) is 0 Å². The highest BCUT2D eigenvalue weighted by Crippen LogP contribution is 2.30. The fourth-order valence-electron chi connectivity index (χ4n) is 2.66. The van der Waals surface area contributed by atoms with Gasteiger partial charge in [-0.3, -0.25) is 4.79 Å². The molecule has 1 aromatic rings. The molecule has 0 unspecified atom stereocenters. The van der Waals surface area contributed by atoms with Gasteiger partial charge in [0.1, 0.15) is 5.75 Å². The first-order valence-electron chi connectivity index (χ1n) is 7.36. The minimum absolute atomic E-state index is 0.111. The highest BCUT2D eigenvalue weighted by Gasteiger charge is 2.27. The van der Waals surface area contributed by atoms with E-state index in [0.717, 1.165) is 31.4 Å². The number of carboxylic acid groups (broad SMARTS) is 1. The summed E-state index contributed by atoms with van der Waals surface area (Å²) in [6, 6.07) is 8.23. The third kappa shape index (κ3) is 3.75. The van der Waals surface area contributed by atoms with Crippen LogP contribution in [0.5, 0.6) is 5.75 Å². The molecular weight excluding hydrogens is 252 g/mol. The Labute approximate surface area is 121 Å². The second-order valence-electron chi connectivity index (χ2n) is 6.71. The molecule has 1 aliphatic carbocycles. The van der Waals surface area contributed by atoms with Crippen LogP contribution < -0.4 is 4.74 Å². The minimum atomic E-state index is -0.668. The molecule has 0 bridgehead atoms. The molecule has 0 heterocycles. The van der Waals surface area contributed by atoms with Gasteiger partial charge in [0.15, 0.2) is 0 Å². The molecule has 0 saturated heterocycles. The molecule has 1 aliphatic rings. The lowest BCUT2D eigenvalue weighted by Crippen LogP contribution is -2.27. The standard InChI is InChI=1S/C17H24O3/c1-17(2,3)13-5-4-6-15(11-13)20-14-9-7-12(8-10-14)16(18)19/h4-6,11-12,14H,7-10H2,1-3H3,(H,18,19). The summed E-state index contributed by atoms with van der Waals surface area (Å²) in [6.45, 7) is 6.55. The summed E-state index contributed by atoms with van der Waals surface area (Å²) in [5.74, 6) is 0.0464. The maximum Gasteiger partial charge on any atom is 0.306 e. The number of aliphatic carboxylic acids is 1. The largest absolute Gasteiger partial charge is 0.490 e. The van der Waals surface area contributed by atoms with Crippen molar-refractivity contribution < 1.29 is 14.6 Å². The molecule has 1 saturated carbocycles. The number of rotatable bonds is 3. The highest BCUT2D eigenvalue weighted by atomic mass is 16.5. The van der Waals surface area contributed by atoms with Gasteiger partial charge in [0.2, 0.25) is 0 Å². The zero-order chi connectivity index (χ0) is 14.8. The molecule has 3 heteroatoms. The van der Waals surface area contributed by atoms with E-state index < -0.39 is 5.97 Å². The second kappa shape index (κ2) is 5.86. The van der Waals surface area contributed by atoms with Gasteiger partial charge in [0.05, 0.1) is 12.0 Å². The number of ether oxygens (including phenoxy) is 1. The average Bonchev–Trinajstić information content (AvgIpc) is 2.38. The first kappa shape index (κ1) is 14.9. The normalized spacial score (nSPS) is 23.4. The van der Waals surface area contributed by atoms with Crippen LogP contribution in [-0.2, 0) is 10.2 Å². The summed E-state index contributed by atoms with van der Waals surface area (Å²) >= 11 is 0. The molecular formula is C17H24O3. The lowest BCUT2D eigenvalue weighted by molar-refractivity contribution is -0.143. The SMILES string of the molecule is CC(C)(C)c1cccc(OC2CCC(C(=O)O)CC2)c1. The molecule has 0 aromatic heterocycles. The summed E-state index contributed by atoms with van der Waals surface area (Å²) in [5.41, 5.74) is 1.37. The van der Waals surface area contributed by atoms with Crippen LogP contribution in [0.15, 0.2) is 24.3 Å². The molecule has 1 aromatic carbocycles. The summed E-state index contributed by atoms with van der Waals surface area (Å²) in [6.07, 6.45) is 3.26. The molecule has 0 aliphatic heterocycles. The minimum Gasteiger partial charge on any atom is -0.490 e. The van der Waals surface area contributed by atoms with Crippen LogP contribution in [0, 0.1) is 5.92 Å². The number of hydrogen-bond donors (Lipinski definition) is 1. The molecule has 20 heavy (non-hydrogen) atoms. The fraction of sp³-hybridized carbons (Fsp3) is 0.588. The van der Waals surface area contributed by atoms with Crippen molar-refractivity contribution in [1.29, 1.82) is 0 Å². The molecule has 110 valence electrons. The van der Waals surface area contributed by atoms with E-state index in [9.17, 15) is 4.79 Å². The van der Waals surface area contributed by atoms with Crippen molar-refractivity contribution in [3.8, 4) is 5.75 Å². The quantitative estimate of drug-likeness (QED) is 0.907. The summed E-state index contributed by atoms with van der Waals surface area (Å²) in [7, 11) is 0. The molecule has 0 atom stereocenters. The zero-order valence-corrected chi connectivity index (χ0v) is 12.6. The Balaban J connectivity index is 1.96. The van der Waals surface area contributed by atoms with E-state index in [1.54, 1.807) is 0 Å². The lowest BCUT2D eigenvalue weighted by atomic mass is 9.86. The summed E-state index contributed by atoms with van der Waals surface area (Å²) in [5, 5.41) is 9.00. The van der Waals surface area contributed by atoms with E-state index in [0.29, 0.717) is 0 Å². The van der Waals surface area contributed by atoms with Gasteiger partial charge < -0.3 is 9.84 Å². The second-order valence-corrected chi connectivity index (χ2v) is 6.71. The van der Waals surface area contributed by atoms with E-state index in [4.69, 9.17) is 9.84 Å². The Morgan fingerprint density at radius 2 is 1.85 bits per heavy atom. The highest BCUT2D eigenvalue weighted by molar-refractivity contribution is 5.70. The van der Waals surface area contributed by atoms with Crippen molar-refractivity contribution in [3.05, 3.63) is 29.8 Å². The van der Waals surface area contributed by atoms with Crippen molar-refractivity contribution in [1.82, 2.24) is 0 Å². The maximum atomic E-state index is 10.9. The van der Waals surface area contributed by atoms with Gasteiger partial charge >= 0.3 is 5.97 Å². The smallest absolute Gasteiger partial charge is 0.306 e. The number of carboxylic acids is 1. The average molecular weight is 276 g/mol. The van der Waals surface area contributed by atoms with Crippen molar-refractivity contribution in [2.24, 2.45) is 5.92 Å². The summed E-state index contributed by atoms with van der Waals surface area (Å²) in [4.78, 5) is 10.9. The van der Waals surface area contributed by atoms with E-state index in [1.165, 1.54) is 5.56 Å². The molecule has 1 N–H and O–H groups in total. The Hall–Kier alpha value is -1.51. The van der Waals surface area contributed by atoms with E-state index in [-0.39, 0.29) is 17.4 Å². The Morgan fingerprint density at radius 1 is 1.20 bits per heavy atom. The van der Waals surface area contributed by atoms with E-state index in [2.05, 4.69) is 32.9 Å². The predicted octanol–water partition coefficient (Wildman–Crippen LogP) is 4.01. The monoisotopic (exact) mass is 276 g/mol. The van der Waals surface area contributed by atoms with Gasteiger partial charge in [-0.2, -0.15) is 0 Å². The fourth-order valence-corrected chi connectivity index (χ4v) is 2.66. The first-order chi connectivity index (χ1) is 9.36. The number of benzene rings is 1. The van der Waals surface area contributed by atoms with Crippen molar-refractivity contribution in [3.63, 3.8) is 0 Å². The Kier molecular flexibility index (Phi) is 4.36. The zero-order valence-electron chi connectivity index (χ0n) is 12.6. The Bertz CT molecular complexity index is 465. The molecule has 0 amide bonds. The molecule has 0 radical (unpaired) electrons. The first-order valence-corrected chi connectivity index (χ1v) is 7.36. The topological polar surface area (TPSA) is 46.5 Å². The van der Waals surface area contributed by atoms with Gasteiger partial charge in [-0.1, -0.05) is 32.9 Å². The molecule has 1 fully saturated rings. The van der Waals surface area contributed by atoms with Crippen LogP contribution in [0.2, 0.25) is 0 Å². The number of carbonyl (C=O) groups is 1. The van der Waals surface area contributed by atoms with Crippen molar-refractivity contribution in [2.45, 2.75) is 58.0 Å². The van der Waals surface area contributed by atoms with E-state index in [1.807, 2.05) is 12.1 Å². The van der Waals surface area contributed by atoms with Crippen molar-refractivity contribution >= 4 is 5.97 Å². The predicted molar refractivity (Wildman–Crippen MR) is 79.2 cm³/mol. The van der Waals surface area contributed by atoms with Gasteiger partial charge in [0, 0.05) is 0 Å². The van der Waals surface area contributed by atoms with Gasteiger partial charge in [-0.05, 0) is 48.8 Å². The van der Waals surface area contributed by atoms with Crippen LogP contribution in [-0.4, -0.2) is 17.2 Å². The van der Waals surface area contributed by atoms with Crippen LogP contribution in [0.25, 0.3) is 0 Å². The number of hydrogen-bond acceptors (Lipinski definition) is 2. The molecule has 0 spiro atoms. The van der Waals surface area contributed by atoms with Gasteiger partial charge in [0.25, 0.3) is 0 Å².